The Morgan fingerprint density at radius 2 is 1.89 bits per heavy atom. The number of rotatable bonds is 5. The second kappa shape index (κ2) is 6.91. The summed E-state index contributed by atoms with van der Waals surface area (Å²) in [5, 5.41) is 0. The largest absolute Gasteiger partial charge is 0.323 e. The van der Waals surface area contributed by atoms with Crippen molar-refractivity contribution in [3.05, 3.63) is 35.9 Å². The molecule has 2 N–H and O–H groups in total. The Labute approximate surface area is 111 Å². The Kier molecular flexibility index (Phi) is 5.21. The highest BCUT2D eigenvalue weighted by Gasteiger charge is 2.20. The van der Waals surface area contributed by atoms with E-state index in [9.17, 15) is 0 Å². The van der Waals surface area contributed by atoms with Crippen molar-refractivity contribution >= 4 is 0 Å². The van der Waals surface area contributed by atoms with Crippen LogP contribution in [0.4, 0.5) is 0 Å². The molecular weight excluding hydrogens is 220 g/mol. The maximum absolute atomic E-state index is 6.28. The minimum atomic E-state index is 0.161. The van der Waals surface area contributed by atoms with Crippen molar-refractivity contribution in [1.82, 2.24) is 4.90 Å². The predicted octanol–water partition coefficient (Wildman–Crippen LogP) is 3.20. The molecule has 0 aromatic heterocycles. The average molecular weight is 246 g/mol. The minimum absolute atomic E-state index is 0.161. The number of nitrogens with two attached hydrogens (primary N) is 1. The van der Waals surface area contributed by atoms with Gasteiger partial charge in [0.05, 0.1) is 0 Å². The quantitative estimate of drug-likeness (QED) is 0.864. The van der Waals surface area contributed by atoms with Crippen LogP contribution in [0.25, 0.3) is 0 Å². The fourth-order valence-corrected chi connectivity index (χ4v) is 2.95. The lowest BCUT2D eigenvalue weighted by Gasteiger charge is -2.33. The highest BCUT2D eigenvalue weighted by Crippen LogP contribution is 2.23. The molecule has 1 atom stereocenters. The van der Waals surface area contributed by atoms with Gasteiger partial charge in [0.1, 0.15) is 0 Å². The van der Waals surface area contributed by atoms with Gasteiger partial charge in [0, 0.05) is 12.6 Å². The zero-order valence-electron chi connectivity index (χ0n) is 11.5. The van der Waals surface area contributed by atoms with Crippen LogP contribution in [0.2, 0.25) is 0 Å². The van der Waals surface area contributed by atoms with Gasteiger partial charge < -0.3 is 10.6 Å². The first-order valence-electron chi connectivity index (χ1n) is 7.32. The van der Waals surface area contributed by atoms with Crippen molar-refractivity contribution in [2.24, 2.45) is 11.7 Å². The number of nitrogens with zero attached hydrogens (tertiary/aromatic N) is 1. The van der Waals surface area contributed by atoms with Crippen LogP contribution in [0, 0.1) is 5.92 Å². The van der Waals surface area contributed by atoms with Crippen LogP contribution in [0.15, 0.2) is 30.3 Å². The van der Waals surface area contributed by atoms with Gasteiger partial charge in [-0.05, 0) is 37.4 Å². The average Bonchev–Trinajstić information content (AvgIpc) is 2.42. The van der Waals surface area contributed by atoms with Crippen LogP contribution >= 0.6 is 0 Å². The molecule has 0 aliphatic carbocycles. The summed E-state index contributed by atoms with van der Waals surface area (Å²) >= 11 is 0. The van der Waals surface area contributed by atoms with Crippen molar-refractivity contribution < 1.29 is 0 Å². The van der Waals surface area contributed by atoms with Crippen molar-refractivity contribution in [2.45, 2.75) is 38.6 Å². The molecule has 1 aromatic carbocycles. The van der Waals surface area contributed by atoms with E-state index in [2.05, 4.69) is 36.1 Å². The third-order valence-corrected chi connectivity index (χ3v) is 4.09. The Morgan fingerprint density at radius 3 is 2.50 bits per heavy atom. The topological polar surface area (TPSA) is 29.3 Å². The van der Waals surface area contributed by atoms with E-state index in [1.54, 1.807) is 0 Å². The molecule has 1 unspecified atom stereocenters. The lowest BCUT2D eigenvalue weighted by atomic mass is 9.92. The zero-order valence-corrected chi connectivity index (χ0v) is 11.5. The second-order valence-corrected chi connectivity index (χ2v) is 5.55. The van der Waals surface area contributed by atoms with Gasteiger partial charge in [0.25, 0.3) is 0 Å². The van der Waals surface area contributed by atoms with Crippen LogP contribution in [0.1, 0.15) is 44.2 Å². The molecule has 1 heterocycles. The highest BCUT2D eigenvalue weighted by atomic mass is 15.1. The van der Waals surface area contributed by atoms with Crippen molar-refractivity contribution in [1.29, 1.82) is 0 Å². The molecule has 1 aromatic rings. The van der Waals surface area contributed by atoms with Gasteiger partial charge >= 0.3 is 0 Å². The second-order valence-electron chi connectivity index (χ2n) is 5.55. The van der Waals surface area contributed by atoms with E-state index < -0.39 is 0 Å². The Bertz CT molecular complexity index is 328. The van der Waals surface area contributed by atoms with E-state index in [4.69, 9.17) is 5.73 Å². The number of hydrogen-bond donors (Lipinski definition) is 1. The van der Waals surface area contributed by atoms with Crippen molar-refractivity contribution in [3.8, 4) is 0 Å². The third kappa shape index (κ3) is 3.82. The molecule has 0 bridgehead atoms. The van der Waals surface area contributed by atoms with E-state index in [0.29, 0.717) is 0 Å². The summed E-state index contributed by atoms with van der Waals surface area (Å²) in [4.78, 5) is 2.53. The molecule has 0 amide bonds. The molecule has 1 aliphatic rings. The lowest BCUT2D eigenvalue weighted by Crippen LogP contribution is -2.38. The molecule has 1 saturated heterocycles. The maximum Gasteiger partial charge on any atom is 0.0424 e. The highest BCUT2D eigenvalue weighted by molar-refractivity contribution is 5.18. The molecule has 2 rings (SSSR count). The van der Waals surface area contributed by atoms with Gasteiger partial charge in [0.15, 0.2) is 0 Å². The third-order valence-electron chi connectivity index (χ3n) is 4.09. The zero-order chi connectivity index (χ0) is 12.8. The Morgan fingerprint density at radius 1 is 1.22 bits per heavy atom. The molecule has 100 valence electrons. The van der Waals surface area contributed by atoms with E-state index in [1.807, 2.05) is 6.07 Å². The first kappa shape index (κ1) is 13.6. The molecule has 0 saturated carbocycles. The fourth-order valence-electron chi connectivity index (χ4n) is 2.95. The normalized spacial score (nSPS) is 19.9. The lowest BCUT2D eigenvalue weighted by molar-refractivity contribution is 0.170. The fraction of sp³-hybridized carbons (Fsp3) is 0.625. The molecule has 18 heavy (non-hydrogen) atoms. The van der Waals surface area contributed by atoms with Crippen LogP contribution < -0.4 is 5.73 Å². The molecule has 1 fully saturated rings. The maximum atomic E-state index is 6.28. The van der Waals surface area contributed by atoms with Crippen LogP contribution in [0.3, 0.4) is 0 Å². The van der Waals surface area contributed by atoms with Crippen LogP contribution in [-0.2, 0) is 0 Å². The van der Waals surface area contributed by atoms with E-state index in [0.717, 1.165) is 12.5 Å². The summed E-state index contributed by atoms with van der Waals surface area (Å²) in [5.74, 6) is 0.958. The van der Waals surface area contributed by atoms with Gasteiger partial charge in [0.2, 0.25) is 0 Å². The van der Waals surface area contributed by atoms with Crippen molar-refractivity contribution in [2.75, 3.05) is 19.6 Å². The van der Waals surface area contributed by atoms with Gasteiger partial charge in [-0.25, -0.2) is 0 Å². The molecule has 1 aliphatic heterocycles. The molecule has 0 spiro atoms. The van der Waals surface area contributed by atoms with Crippen molar-refractivity contribution in [3.63, 3.8) is 0 Å². The SMILES string of the molecule is CCCC1CCN(CC(N)c2ccccc2)CC1. The number of hydrogen-bond acceptors (Lipinski definition) is 2. The number of benzene rings is 1. The van der Waals surface area contributed by atoms with E-state index in [1.165, 1.54) is 44.3 Å². The Hall–Kier alpha value is -0.860. The van der Waals surface area contributed by atoms with E-state index >= 15 is 0 Å². The minimum Gasteiger partial charge on any atom is -0.323 e. The Balaban J connectivity index is 1.78. The van der Waals surface area contributed by atoms with Gasteiger partial charge in [-0.2, -0.15) is 0 Å². The summed E-state index contributed by atoms with van der Waals surface area (Å²) in [6, 6.07) is 10.6. The van der Waals surface area contributed by atoms with Crippen LogP contribution in [-0.4, -0.2) is 24.5 Å². The first-order valence-corrected chi connectivity index (χ1v) is 7.32. The summed E-state index contributed by atoms with van der Waals surface area (Å²) < 4.78 is 0. The van der Waals surface area contributed by atoms with Gasteiger partial charge in [-0.1, -0.05) is 50.1 Å². The smallest absolute Gasteiger partial charge is 0.0424 e. The summed E-state index contributed by atoms with van der Waals surface area (Å²) in [6.45, 7) is 5.75. The first-order chi connectivity index (χ1) is 8.79. The number of likely N-dealkylation sites (tertiary alicyclic amines) is 1. The molecule has 0 radical (unpaired) electrons. The monoisotopic (exact) mass is 246 g/mol. The number of piperidine rings is 1. The molecule has 2 heteroatoms. The summed E-state index contributed by atoms with van der Waals surface area (Å²) in [7, 11) is 0. The van der Waals surface area contributed by atoms with E-state index in [-0.39, 0.29) is 6.04 Å². The molecule has 2 nitrogen and oxygen atoms in total. The predicted molar refractivity (Wildman–Crippen MR) is 77.4 cm³/mol. The van der Waals surface area contributed by atoms with Gasteiger partial charge in [-0.3, -0.25) is 0 Å². The summed E-state index contributed by atoms with van der Waals surface area (Å²) in [5.41, 5.74) is 7.54. The van der Waals surface area contributed by atoms with Crippen LogP contribution in [0.5, 0.6) is 0 Å². The summed E-state index contributed by atoms with van der Waals surface area (Å²) in [6.07, 6.45) is 5.44. The standard InChI is InChI=1S/C16H26N2/c1-2-6-14-9-11-18(12-10-14)13-16(17)15-7-4-3-5-8-15/h3-5,7-8,14,16H,2,6,9-13,17H2,1H3. The van der Waals surface area contributed by atoms with Gasteiger partial charge in [-0.15, -0.1) is 0 Å². The molecular formula is C16H26N2.